The maximum atomic E-state index is 11.8. The van der Waals surface area contributed by atoms with Crippen LogP contribution in [0.4, 0.5) is 5.82 Å². The summed E-state index contributed by atoms with van der Waals surface area (Å²) in [6.45, 7) is 3.55. The van der Waals surface area contributed by atoms with Crippen LogP contribution in [0.15, 0.2) is 25.0 Å². The Balaban J connectivity index is 1.75. The largest absolute Gasteiger partial charge is 0.465 e. The molecule has 0 aliphatic carbocycles. The highest BCUT2D eigenvalue weighted by molar-refractivity contribution is 7.20. The van der Waals surface area contributed by atoms with Crippen LogP contribution in [-0.2, 0) is 11.3 Å². The van der Waals surface area contributed by atoms with E-state index in [-0.39, 0.29) is 5.97 Å². The summed E-state index contributed by atoms with van der Waals surface area (Å²) < 4.78 is 6.85. The van der Waals surface area contributed by atoms with Gasteiger partial charge in [0.1, 0.15) is 21.9 Å². The minimum Gasteiger partial charge on any atom is -0.465 e. The normalized spacial score (nSPS) is 10.9. The van der Waals surface area contributed by atoms with Crippen molar-refractivity contribution >= 4 is 33.3 Å². The fourth-order valence-electron chi connectivity index (χ4n) is 2.38. The van der Waals surface area contributed by atoms with E-state index < -0.39 is 0 Å². The lowest BCUT2D eigenvalue weighted by molar-refractivity contribution is 0.0605. The smallest absolute Gasteiger partial charge is 0.348 e. The van der Waals surface area contributed by atoms with Crippen molar-refractivity contribution in [2.45, 2.75) is 19.9 Å². The molecule has 3 heterocycles. The van der Waals surface area contributed by atoms with E-state index in [0.717, 1.165) is 41.1 Å². The molecule has 1 N–H and O–H groups in total. The van der Waals surface area contributed by atoms with Gasteiger partial charge in [-0.1, -0.05) is 0 Å². The molecule has 23 heavy (non-hydrogen) atoms. The summed E-state index contributed by atoms with van der Waals surface area (Å²) >= 11 is 1.33. The Morgan fingerprint density at radius 2 is 2.30 bits per heavy atom. The number of anilines is 1. The highest BCUT2D eigenvalue weighted by Gasteiger charge is 2.19. The summed E-state index contributed by atoms with van der Waals surface area (Å²) in [7, 11) is 1.38. The van der Waals surface area contributed by atoms with E-state index in [9.17, 15) is 4.79 Å². The maximum absolute atomic E-state index is 11.8. The summed E-state index contributed by atoms with van der Waals surface area (Å²) in [5, 5.41) is 4.22. The number of carbonyl (C=O) groups excluding carboxylic acids is 1. The van der Waals surface area contributed by atoms with Crippen molar-refractivity contribution in [3.8, 4) is 0 Å². The minimum absolute atomic E-state index is 0.337. The number of esters is 1. The molecule has 0 spiro atoms. The number of carbonyl (C=O) groups is 1. The van der Waals surface area contributed by atoms with Gasteiger partial charge < -0.3 is 14.6 Å². The molecule has 0 saturated carbocycles. The zero-order chi connectivity index (χ0) is 16.2. The number of methoxy groups -OCH3 is 1. The van der Waals surface area contributed by atoms with Crippen molar-refractivity contribution in [2.75, 3.05) is 19.0 Å². The van der Waals surface area contributed by atoms with Gasteiger partial charge in [-0.3, -0.25) is 0 Å². The van der Waals surface area contributed by atoms with Gasteiger partial charge in [0, 0.05) is 25.5 Å². The first-order valence-corrected chi connectivity index (χ1v) is 8.04. The van der Waals surface area contributed by atoms with Crippen LogP contribution in [0, 0.1) is 6.92 Å². The summed E-state index contributed by atoms with van der Waals surface area (Å²) in [6.07, 6.45) is 7.96. The molecular formula is C15H17N5O2S. The molecule has 0 aromatic carbocycles. The molecule has 0 atom stereocenters. The molecule has 3 rings (SSSR count). The number of hydrogen-bond donors (Lipinski definition) is 1. The highest BCUT2D eigenvalue weighted by atomic mass is 32.1. The van der Waals surface area contributed by atoms with Crippen LogP contribution in [0.5, 0.6) is 0 Å². The highest BCUT2D eigenvalue weighted by Crippen LogP contribution is 2.33. The van der Waals surface area contributed by atoms with E-state index in [2.05, 4.69) is 20.3 Å². The molecule has 7 nitrogen and oxygen atoms in total. The lowest BCUT2D eigenvalue weighted by Crippen LogP contribution is -2.07. The topological polar surface area (TPSA) is 81.9 Å². The molecule has 0 unspecified atom stereocenters. The van der Waals surface area contributed by atoms with Crippen LogP contribution in [0.25, 0.3) is 10.2 Å². The second kappa shape index (κ2) is 6.74. The Morgan fingerprint density at radius 1 is 1.43 bits per heavy atom. The molecule has 120 valence electrons. The Kier molecular flexibility index (Phi) is 4.52. The van der Waals surface area contributed by atoms with E-state index in [1.165, 1.54) is 24.8 Å². The van der Waals surface area contributed by atoms with E-state index >= 15 is 0 Å². The predicted octanol–water partition coefficient (Wildman–Crippen LogP) is 2.49. The third-order valence-corrected chi connectivity index (χ3v) is 4.72. The van der Waals surface area contributed by atoms with Crippen LogP contribution in [0.1, 0.15) is 21.7 Å². The summed E-state index contributed by atoms with van der Waals surface area (Å²) in [5.41, 5.74) is 0.856. The first kappa shape index (κ1) is 15.4. The molecule has 0 bridgehead atoms. The fraction of sp³-hybridized carbons (Fsp3) is 0.333. The first-order valence-electron chi connectivity index (χ1n) is 7.22. The van der Waals surface area contributed by atoms with Gasteiger partial charge in [-0.25, -0.2) is 19.7 Å². The second-order valence-corrected chi connectivity index (χ2v) is 6.03. The Bertz CT molecular complexity index is 813. The number of aryl methyl sites for hydroxylation is 2. The molecule has 0 amide bonds. The lowest BCUT2D eigenvalue weighted by atomic mass is 10.2. The van der Waals surface area contributed by atoms with Crippen molar-refractivity contribution in [3.63, 3.8) is 0 Å². The Hall–Kier alpha value is -2.48. The molecular weight excluding hydrogens is 314 g/mol. The quantitative estimate of drug-likeness (QED) is 0.552. The Morgan fingerprint density at radius 3 is 3.04 bits per heavy atom. The van der Waals surface area contributed by atoms with Crippen LogP contribution in [0.3, 0.4) is 0 Å². The molecule has 0 aliphatic rings. The van der Waals surface area contributed by atoms with Gasteiger partial charge in [0.25, 0.3) is 0 Å². The number of rotatable bonds is 6. The molecule has 3 aromatic heterocycles. The van der Waals surface area contributed by atoms with Crippen LogP contribution >= 0.6 is 11.3 Å². The molecule has 3 aromatic rings. The molecule has 0 aliphatic heterocycles. The standard InChI is InChI=1S/C15H17N5O2S/c1-10-11-13(17-4-3-6-20-7-5-16-9-20)18-8-19-14(11)23-12(10)15(21)22-2/h5,7-9H,3-4,6H2,1-2H3,(H,17,18,19). The van der Waals surface area contributed by atoms with E-state index in [1.54, 1.807) is 12.5 Å². The van der Waals surface area contributed by atoms with Gasteiger partial charge >= 0.3 is 5.97 Å². The number of imidazole rings is 1. The molecule has 0 fully saturated rings. The second-order valence-electron chi connectivity index (χ2n) is 5.03. The summed E-state index contributed by atoms with van der Waals surface area (Å²) in [5.74, 6) is 0.418. The monoisotopic (exact) mass is 331 g/mol. The van der Waals surface area contributed by atoms with Crippen molar-refractivity contribution in [2.24, 2.45) is 0 Å². The number of fused-ring (bicyclic) bond motifs is 1. The third-order valence-electron chi connectivity index (χ3n) is 3.54. The summed E-state index contributed by atoms with van der Waals surface area (Å²) in [4.78, 5) is 25.8. The average molecular weight is 331 g/mol. The van der Waals surface area contributed by atoms with Gasteiger partial charge in [-0.05, 0) is 18.9 Å². The van der Waals surface area contributed by atoms with Gasteiger partial charge in [0.05, 0.1) is 18.8 Å². The zero-order valence-electron chi connectivity index (χ0n) is 12.9. The van der Waals surface area contributed by atoms with Crippen molar-refractivity contribution < 1.29 is 9.53 Å². The number of hydrogen-bond acceptors (Lipinski definition) is 7. The fourth-order valence-corrected chi connectivity index (χ4v) is 3.45. The first-order chi connectivity index (χ1) is 11.2. The maximum Gasteiger partial charge on any atom is 0.348 e. The van der Waals surface area contributed by atoms with E-state index in [4.69, 9.17) is 4.74 Å². The number of thiophene rings is 1. The lowest BCUT2D eigenvalue weighted by Gasteiger charge is -2.07. The minimum atomic E-state index is -0.337. The van der Waals surface area contributed by atoms with Crippen molar-refractivity contribution in [1.82, 2.24) is 19.5 Å². The molecule has 8 heteroatoms. The molecule has 0 saturated heterocycles. The van der Waals surface area contributed by atoms with E-state index in [1.807, 2.05) is 17.7 Å². The van der Waals surface area contributed by atoms with E-state index in [0.29, 0.717) is 4.88 Å². The molecule has 0 radical (unpaired) electrons. The SMILES string of the molecule is COC(=O)c1sc2ncnc(NCCCn3ccnc3)c2c1C. The Labute approximate surface area is 137 Å². The predicted molar refractivity (Wildman–Crippen MR) is 88.8 cm³/mol. The van der Waals surface area contributed by atoms with Crippen LogP contribution in [0.2, 0.25) is 0 Å². The van der Waals surface area contributed by atoms with Gasteiger partial charge in [-0.2, -0.15) is 0 Å². The summed E-state index contributed by atoms with van der Waals surface area (Å²) in [6, 6.07) is 0. The number of nitrogens with one attached hydrogen (secondary N) is 1. The van der Waals surface area contributed by atoms with Gasteiger partial charge in [-0.15, -0.1) is 11.3 Å². The van der Waals surface area contributed by atoms with Crippen LogP contribution in [-0.4, -0.2) is 39.1 Å². The van der Waals surface area contributed by atoms with Crippen molar-refractivity contribution in [1.29, 1.82) is 0 Å². The number of nitrogens with zero attached hydrogens (tertiary/aromatic N) is 4. The average Bonchev–Trinajstić information content (AvgIpc) is 3.19. The van der Waals surface area contributed by atoms with Gasteiger partial charge in [0.15, 0.2) is 0 Å². The number of aromatic nitrogens is 4. The van der Waals surface area contributed by atoms with Crippen molar-refractivity contribution in [3.05, 3.63) is 35.5 Å². The van der Waals surface area contributed by atoms with Gasteiger partial charge in [0.2, 0.25) is 0 Å². The number of ether oxygens (including phenoxy) is 1. The zero-order valence-corrected chi connectivity index (χ0v) is 13.8. The van der Waals surface area contributed by atoms with Crippen LogP contribution < -0.4 is 5.32 Å². The third kappa shape index (κ3) is 3.16.